The largest absolute Gasteiger partial charge is 0.481 e. The SMILES string of the molecule is CCCCCCCCCC/C=C/CCC(CC(=O)N(CC)CC)C(=O)O. The normalized spacial score (nSPS) is 12.4. The summed E-state index contributed by atoms with van der Waals surface area (Å²) < 4.78 is 0. The number of hydrogen-bond donors (Lipinski definition) is 1. The van der Waals surface area contributed by atoms with Crippen molar-refractivity contribution in [2.45, 2.75) is 97.8 Å². The zero-order valence-electron chi connectivity index (χ0n) is 17.3. The number of unbranched alkanes of at least 4 members (excludes halogenated alkanes) is 8. The first kappa shape index (κ1) is 24.7. The molecule has 0 rings (SSSR count). The Hall–Kier alpha value is -1.32. The van der Waals surface area contributed by atoms with Gasteiger partial charge in [0.05, 0.1) is 5.92 Å². The molecular formula is C22H41NO3. The summed E-state index contributed by atoms with van der Waals surface area (Å²) in [7, 11) is 0. The van der Waals surface area contributed by atoms with E-state index in [0.29, 0.717) is 19.5 Å². The Kier molecular flexibility index (Phi) is 16.2. The van der Waals surface area contributed by atoms with Gasteiger partial charge in [0.1, 0.15) is 0 Å². The van der Waals surface area contributed by atoms with Gasteiger partial charge in [-0.25, -0.2) is 0 Å². The molecular weight excluding hydrogens is 326 g/mol. The standard InChI is InChI=1S/C22H41NO3/c1-4-7-8-9-10-11-12-13-14-15-16-17-18-20(22(25)26)19-21(24)23(5-2)6-3/h15-16,20H,4-14,17-19H2,1-3H3,(H,25,26)/b16-15+. The van der Waals surface area contributed by atoms with E-state index in [1.54, 1.807) is 4.90 Å². The average molecular weight is 368 g/mol. The molecule has 1 unspecified atom stereocenters. The number of rotatable bonds is 17. The molecule has 0 bridgehead atoms. The second-order valence-electron chi connectivity index (χ2n) is 7.12. The quantitative estimate of drug-likeness (QED) is 0.260. The van der Waals surface area contributed by atoms with Crippen LogP contribution in [0.1, 0.15) is 97.8 Å². The van der Waals surface area contributed by atoms with Gasteiger partial charge in [-0.3, -0.25) is 9.59 Å². The molecule has 0 aromatic heterocycles. The Morgan fingerprint density at radius 2 is 1.38 bits per heavy atom. The summed E-state index contributed by atoms with van der Waals surface area (Å²) in [6, 6.07) is 0. The van der Waals surface area contributed by atoms with Crippen molar-refractivity contribution >= 4 is 11.9 Å². The Balaban J connectivity index is 3.84. The molecule has 1 amide bonds. The van der Waals surface area contributed by atoms with Gasteiger partial charge in [-0.1, -0.05) is 64.0 Å². The zero-order valence-corrected chi connectivity index (χ0v) is 17.3. The van der Waals surface area contributed by atoms with Crippen LogP contribution in [0.25, 0.3) is 0 Å². The summed E-state index contributed by atoms with van der Waals surface area (Å²) >= 11 is 0. The summed E-state index contributed by atoms with van der Waals surface area (Å²) in [5.74, 6) is -1.48. The van der Waals surface area contributed by atoms with E-state index in [1.807, 2.05) is 13.8 Å². The van der Waals surface area contributed by atoms with Crippen molar-refractivity contribution in [2.24, 2.45) is 5.92 Å². The van der Waals surface area contributed by atoms with Crippen LogP contribution in [-0.2, 0) is 9.59 Å². The molecule has 26 heavy (non-hydrogen) atoms. The lowest BCUT2D eigenvalue weighted by Crippen LogP contribution is -2.33. The lowest BCUT2D eigenvalue weighted by Gasteiger charge is -2.20. The molecule has 0 fully saturated rings. The highest BCUT2D eigenvalue weighted by atomic mass is 16.4. The fraction of sp³-hybridized carbons (Fsp3) is 0.818. The molecule has 4 nitrogen and oxygen atoms in total. The molecule has 4 heteroatoms. The first-order valence-corrected chi connectivity index (χ1v) is 10.7. The van der Waals surface area contributed by atoms with Crippen LogP contribution in [0.3, 0.4) is 0 Å². The van der Waals surface area contributed by atoms with Crippen molar-refractivity contribution in [2.75, 3.05) is 13.1 Å². The molecule has 0 saturated carbocycles. The smallest absolute Gasteiger partial charge is 0.307 e. The fourth-order valence-electron chi connectivity index (χ4n) is 3.16. The Labute approximate surface area is 161 Å². The molecule has 0 aromatic carbocycles. The second kappa shape index (κ2) is 17.1. The van der Waals surface area contributed by atoms with Crippen molar-refractivity contribution in [3.05, 3.63) is 12.2 Å². The van der Waals surface area contributed by atoms with E-state index in [1.165, 1.54) is 51.4 Å². The third kappa shape index (κ3) is 13.0. The van der Waals surface area contributed by atoms with Gasteiger partial charge >= 0.3 is 5.97 Å². The minimum absolute atomic E-state index is 0.0506. The predicted molar refractivity (Wildman–Crippen MR) is 109 cm³/mol. The van der Waals surface area contributed by atoms with E-state index in [2.05, 4.69) is 19.1 Å². The molecule has 0 saturated heterocycles. The zero-order chi connectivity index (χ0) is 19.6. The molecule has 0 spiro atoms. The number of amides is 1. The van der Waals surface area contributed by atoms with Crippen molar-refractivity contribution in [1.82, 2.24) is 4.90 Å². The molecule has 0 aliphatic carbocycles. The highest BCUT2D eigenvalue weighted by Crippen LogP contribution is 2.15. The van der Waals surface area contributed by atoms with Gasteiger partial charge in [0.15, 0.2) is 0 Å². The van der Waals surface area contributed by atoms with E-state index in [0.717, 1.165) is 12.8 Å². The molecule has 0 heterocycles. The molecule has 0 aliphatic heterocycles. The molecule has 0 radical (unpaired) electrons. The van der Waals surface area contributed by atoms with E-state index in [-0.39, 0.29) is 12.3 Å². The maximum atomic E-state index is 12.1. The van der Waals surface area contributed by atoms with Crippen LogP contribution in [0, 0.1) is 5.92 Å². The number of allylic oxidation sites excluding steroid dienone is 2. The topological polar surface area (TPSA) is 57.6 Å². The molecule has 0 aromatic rings. The first-order chi connectivity index (χ1) is 12.6. The fourth-order valence-corrected chi connectivity index (χ4v) is 3.16. The first-order valence-electron chi connectivity index (χ1n) is 10.7. The highest BCUT2D eigenvalue weighted by Gasteiger charge is 2.22. The lowest BCUT2D eigenvalue weighted by atomic mass is 9.98. The molecule has 0 aliphatic rings. The summed E-state index contributed by atoms with van der Waals surface area (Å²) in [5.41, 5.74) is 0. The Morgan fingerprint density at radius 3 is 1.92 bits per heavy atom. The Morgan fingerprint density at radius 1 is 0.846 bits per heavy atom. The number of carboxylic acids is 1. The van der Waals surface area contributed by atoms with Gasteiger partial charge < -0.3 is 10.0 Å². The molecule has 1 atom stereocenters. The van der Waals surface area contributed by atoms with Crippen LogP contribution >= 0.6 is 0 Å². The monoisotopic (exact) mass is 367 g/mol. The minimum Gasteiger partial charge on any atom is -0.481 e. The molecule has 1 N–H and O–H groups in total. The average Bonchev–Trinajstić information content (AvgIpc) is 2.62. The number of aliphatic carboxylic acids is 1. The van der Waals surface area contributed by atoms with Gasteiger partial charge in [0.2, 0.25) is 5.91 Å². The maximum Gasteiger partial charge on any atom is 0.307 e. The van der Waals surface area contributed by atoms with Gasteiger partial charge in [-0.05, 0) is 39.5 Å². The van der Waals surface area contributed by atoms with Crippen LogP contribution in [-0.4, -0.2) is 35.0 Å². The minimum atomic E-state index is -0.859. The van der Waals surface area contributed by atoms with Gasteiger partial charge in [0, 0.05) is 19.5 Å². The van der Waals surface area contributed by atoms with Gasteiger partial charge in [0.25, 0.3) is 0 Å². The van der Waals surface area contributed by atoms with Crippen molar-refractivity contribution in [3.8, 4) is 0 Å². The third-order valence-corrected chi connectivity index (χ3v) is 4.96. The van der Waals surface area contributed by atoms with Crippen molar-refractivity contribution < 1.29 is 14.7 Å². The molecule has 152 valence electrons. The van der Waals surface area contributed by atoms with Crippen LogP contribution in [0.15, 0.2) is 12.2 Å². The summed E-state index contributed by atoms with van der Waals surface area (Å²) in [6.45, 7) is 7.37. The predicted octanol–water partition coefficient (Wildman–Crippen LogP) is 5.81. The maximum absolute atomic E-state index is 12.1. The number of nitrogens with zero attached hydrogens (tertiary/aromatic N) is 1. The van der Waals surface area contributed by atoms with E-state index >= 15 is 0 Å². The van der Waals surface area contributed by atoms with Crippen LogP contribution in [0.5, 0.6) is 0 Å². The van der Waals surface area contributed by atoms with Gasteiger partial charge in [-0.2, -0.15) is 0 Å². The van der Waals surface area contributed by atoms with Crippen LogP contribution in [0.2, 0.25) is 0 Å². The Bertz CT molecular complexity index is 389. The number of carbonyl (C=O) groups excluding carboxylic acids is 1. The third-order valence-electron chi connectivity index (χ3n) is 4.96. The summed E-state index contributed by atoms with van der Waals surface area (Å²) in [4.78, 5) is 25.2. The number of hydrogen-bond acceptors (Lipinski definition) is 2. The number of carboxylic acid groups (broad SMARTS) is 1. The van der Waals surface area contributed by atoms with Crippen LogP contribution < -0.4 is 0 Å². The summed E-state index contributed by atoms with van der Waals surface area (Å²) in [6.07, 6.45) is 17.3. The lowest BCUT2D eigenvalue weighted by molar-refractivity contribution is -0.146. The summed E-state index contributed by atoms with van der Waals surface area (Å²) in [5, 5.41) is 9.33. The van der Waals surface area contributed by atoms with E-state index < -0.39 is 11.9 Å². The van der Waals surface area contributed by atoms with Crippen molar-refractivity contribution in [3.63, 3.8) is 0 Å². The second-order valence-corrected chi connectivity index (χ2v) is 7.12. The van der Waals surface area contributed by atoms with Gasteiger partial charge in [-0.15, -0.1) is 0 Å². The highest BCUT2D eigenvalue weighted by molar-refractivity contribution is 5.82. The number of carbonyl (C=O) groups is 2. The van der Waals surface area contributed by atoms with Crippen molar-refractivity contribution in [1.29, 1.82) is 0 Å². The van der Waals surface area contributed by atoms with E-state index in [4.69, 9.17) is 0 Å². The van der Waals surface area contributed by atoms with E-state index in [9.17, 15) is 14.7 Å². The van der Waals surface area contributed by atoms with Crippen LogP contribution in [0.4, 0.5) is 0 Å².